The molecule has 3 aromatic rings. The summed E-state index contributed by atoms with van der Waals surface area (Å²) in [6.45, 7) is 1.96. The van der Waals surface area contributed by atoms with E-state index in [2.05, 4.69) is 9.88 Å². The number of ether oxygens (including phenoxy) is 2. The van der Waals surface area contributed by atoms with Crippen molar-refractivity contribution in [3.05, 3.63) is 83.2 Å². The number of amides is 1. The van der Waals surface area contributed by atoms with Crippen molar-refractivity contribution >= 4 is 5.91 Å². The first kappa shape index (κ1) is 23.8. The Balaban J connectivity index is 1.45. The zero-order valence-corrected chi connectivity index (χ0v) is 19.4. The molecule has 2 heterocycles. The fraction of sp³-hybridized carbons (Fsp3) is 0.346. The second kappa shape index (κ2) is 10.7. The van der Waals surface area contributed by atoms with Crippen LogP contribution >= 0.6 is 0 Å². The fourth-order valence-corrected chi connectivity index (χ4v) is 4.51. The molecule has 2 aromatic carbocycles. The van der Waals surface area contributed by atoms with Gasteiger partial charge in [0, 0.05) is 43.2 Å². The van der Waals surface area contributed by atoms with Gasteiger partial charge in [-0.25, -0.2) is 8.78 Å². The van der Waals surface area contributed by atoms with Crippen LogP contribution in [-0.2, 0) is 17.8 Å². The number of nitrogens with zero attached hydrogens (tertiary/aromatic N) is 2. The first-order valence-electron chi connectivity index (χ1n) is 11.3. The van der Waals surface area contributed by atoms with E-state index in [0.29, 0.717) is 36.6 Å². The zero-order valence-electron chi connectivity index (χ0n) is 19.4. The fourth-order valence-electron chi connectivity index (χ4n) is 4.51. The normalized spacial score (nSPS) is 15.9. The lowest BCUT2D eigenvalue weighted by Gasteiger charge is -2.30. The van der Waals surface area contributed by atoms with Crippen LogP contribution in [0.15, 0.2) is 54.7 Å². The summed E-state index contributed by atoms with van der Waals surface area (Å²) in [5.74, 6) is -0.0837. The summed E-state index contributed by atoms with van der Waals surface area (Å²) in [7, 11) is 3.17. The molecule has 1 unspecified atom stereocenters. The summed E-state index contributed by atoms with van der Waals surface area (Å²) >= 11 is 0. The van der Waals surface area contributed by atoms with Crippen molar-refractivity contribution in [1.29, 1.82) is 0 Å². The minimum atomic E-state index is -0.621. The van der Waals surface area contributed by atoms with Crippen molar-refractivity contribution in [1.82, 2.24) is 14.8 Å². The second-order valence-corrected chi connectivity index (χ2v) is 8.31. The van der Waals surface area contributed by atoms with Crippen LogP contribution < -0.4 is 14.8 Å². The first-order valence-corrected chi connectivity index (χ1v) is 11.3. The number of hydrogen-bond donors (Lipinski definition) is 1. The Morgan fingerprint density at radius 1 is 1.06 bits per heavy atom. The SMILES string of the molecule is COc1ccc(CCNC(=O)CN2CCCn3cccc3C2c2ccc(F)cc2F)cc1OC. The standard InChI is InChI=1S/C26H29F2N3O3/c1-33-23-9-6-18(15-24(23)34-2)10-11-29-25(32)17-31-14-4-13-30-12-3-5-22(30)26(31)20-8-7-19(27)16-21(20)28/h3,5-9,12,15-16,26H,4,10-11,13-14,17H2,1-2H3,(H,29,32). The number of carbonyl (C=O) groups is 1. The molecule has 0 saturated carbocycles. The van der Waals surface area contributed by atoms with Crippen molar-refractivity contribution in [2.75, 3.05) is 33.9 Å². The highest BCUT2D eigenvalue weighted by atomic mass is 19.1. The lowest BCUT2D eigenvalue weighted by Crippen LogP contribution is -2.40. The lowest BCUT2D eigenvalue weighted by atomic mass is 10.0. The third kappa shape index (κ3) is 5.22. The third-order valence-corrected chi connectivity index (χ3v) is 6.14. The molecule has 1 aliphatic rings. The van der Waals surface area contributed by atoms with Gasteiger partial charge in [0.2, 0.25) is 5.91 Å². The largest absolute Gasteiger partial charge is 0.493 e. The molecule has 0 aliphatic carbocycles. The highest BCUT2D eigenvalue weighted by Crippen LogP contribution is 2.33. The van der Waals surface area contributed by atoms with Crippen molar-refractivity contribution in [3.63, 3.8) is 0 Å². The van der Waals surface area contributed by atoms with Gasteiger partial charge in [-0.3, -0.25) is 9.69 Å². The Hall–Kier alpha value is -3.39. The smallest absolute Gasteiger partial charge is 0.234 e. The molecule has 0 spiro atoms. The highest BCUT2D eigenvalue weighted by Gasteiger charge is 2.30. The first-order chi connectivity index (χ1) is 16.5. The Bertz CT molecular complexity index is 1150. The van der Waals surface area contributed by atoms with Gasteiger partial charge in [0.15, 0.2) is 11.5 Å². The van der Waals surface area contributed by atoms with E-state index in [-0.39, 0.29) is 12.5 Å². The summed E-state index contributed by atoms with van der Waals surface area (Å²) in [6.07, 6.45) is 3.40. The molecule has 6 nitrogen and oxygen atoms in total. The molecule has 1 aliphatic heterocycles. The highest BCUT2D eigenvalue weighted by molar-refractivity contribution is 5.78. The van der Waals surface area contributed by atoms with E-state index < -0.39 is 17.7 Å². The third-order valence-electron chi connectivity index (χ3n) is 6.14. The summed E-state index contributed by atoms with van der Waals surface area (Å²) in [5, 5.41) is 2.97. The molecule has 0 fully saturated rings. The average molecular weight is 470 g/mol. The monoisotopic (exact) mass is 469 g/mol. The number of aryl methyl sites for hydroxylation is 1. The Kier molecular flexibility index (Phi) is 7.47. The van der Waals surface area contributed by atoms with Gasteiger partial charge in [-0.1, -0.05) is 12.1 Å². The zero-order chi connectivity index (χ0) is 24.1. The molecule has 4 rings (SSSR count). The van der Waals surface area contributed by atoms with E-state index in [0.717, 1.165) is 30.3 Å². The molecule has 0 bridgehead atoms. The molecule has 1 amide bonds. The van der Waals surface area contributed by atoms with Crippen LogP contribution in [0.1, 0.15) is 29.3 Å². The van der Waals surface area contributed by atoms with Crippen LogP contribution in [0, 0.1) is 11.6 Å². The lowest BCUT2D eigenvalue weighted by molar-refractivity contribution is -0.122. The van der Waals surface area contributed by atoms with Crippen LogP contribution in [0.4, 0.5) is 8.78 Å². The molecule has 8 heteroatoms. The number of halogens is 2. The number of aromatic nitrogens is 1. The molecule has 1 N–H and O–H groups in total. The summed E-state index contributed by atoms with van der Waals surface area (Å²) in [5.41, 5.74) is 2.26. The van der Waals surface area contributed by atoms with Crippen molar-refractivity contribution in [2.45, 2.75) is 25.4 Å². The predicted molar refractivity (Wildman–Crippen MR) is 125 cm³/mol. The van der Waals surface area contributed by atoms with Crippen LogP contribution in [0.2, 0.25) is 0 Å². The predicted octanol–water partition coefficient (Wildman–Crippen LogP) is 3.94. The van der Waals surface area contributed by atoms with E-state index in [1.165, 1.54) is 12.1 Å². The van der Waals surface area contributed by atoms with Crippen molar-refractivity contribution < 1.29 is 23.0 Å². The number of carbonyl (C=O) groups excluding carboxylic acids is 1. The van der Waals surface area contributed by atoms with Gasteiger partial charge in [-0.2, -0.15) is 0 Å². The summed E-state index contributed by atoms with van der Waals surface area (Å²) < 4.78 is 41.0. The molecule has 0 radical (unpaired) electrons. The van der Waals surface area contributed by atoms with E-state index >= 15 is 0 Å². The Morgan fingerprint density at radius 3 is 2.65 bits per heavy atom. The van der Waals surface area contributed by atoms with Crippen molar-refractivity contribution in [3.8, 4) is 11.5 Å². The van der Waals surface area contributed by atoms with Gasteiger partial charge in [-0.15, -0.1) is 0 Å². The van der Waals surface area contributed by atoms with Gasteiger partial charge >= 0.3 is 0 Å². The Morgan fingerprint density at radius 2 is 1.88 bits per heavy atom. The summed E-state index contributed by atoms with van der Waals surface area (Å²) in [6, 6.07) is 12.7. The molecule has 180 valence electrons. The van der Waals surface area contributed by atoms with Gasteiger partial charge in [0.25, 0.3) is 0 Å². The average Bonchev–Trinajstić information content (AvgIpc) is 3.21. The number of hydrogen-bond acceptors (Lipinski definition) is 4. The number of rotatable bonds is 8. The van der Waals surface area contributed by atoms with E-state index in [4.69, 9.17) is 9.47 Å². The van der Waals surface area contributed by atoms with E-state index in [1.807, 2.05) is 41.4 Å². The number of methoxy groups -OCH3 is 2. The molecule has 1 atom stereocenters. The topological polar surface area (TPSA) is 55.7 Å². The summed E-state index contributed by atoms with van der Waals surface area (Å²) in [4.78, 5) is 14.8. The van der Waals surface area contributed by atoms with Gasteiger partial charge in [0.05, 0.1) is 26.8 Å². The molecular formula is C26H29F2N3O3. The molecule has 0 saturated heterocycles. The van der Waals surface area contributed by atoms with Crippen LogP contribution in [-0.4, -0.2) is 49.2 Å². The van der Waals surface area contributed by atoms with E-state index in [9.17, 15) is 13.6 Å². The van der Waals surface area contributed by atoms with Crippen LogP contribution in [0.25, 0.3) is 0 Å². The number of nitrogens with one attached hydrogen (secondary N) is 1. The van der Waals surface area contributed by atoms with Crippen LogP contribution in [0.5, 0.6) is 11.5 Å². The Labute approximate surface area is 198 Å². The maximum Gasteiger partial charge on any atom is 0.234 e. The minimum Gasteiger partial charge on any atom is -0.493 e. The minimum absolute atomic E-state index is 0.110. The number of fused-ring (bicyclic) bond motifs is 1. The molecular weight excluding hydrogens is 440 g/mol. The molecule has 1 aromatic heterocycles. The second-order valence-electron chi connectivity index (χ2n) is 8.31. The van der Waals surface area contributed by atoms with Gasteiger partial charge in [-0.05, 0) is 48.7 Å². The van der Waals surface area contributed by atoms with E-state index in [1.54, 1.807) is 14.2 Å². The van der Waals surface area contributed by atoms with Crippen molar-refractivity contribution in [2.24, 2.45) is 0 Å². The molecule has 34 heavy (non-hydrogen) atoms. The van der Waals surface area contributed by atoms with Gasteiger partial charge < -0.3 is 19.4 Å². The maximum absolute atomic E-state index is 14.8. The van der Waals surface area contributed by atoms with Crippen LogP contribution in [0.3, 0.4) is 0 Å². The quantitative estimate of drug-likeness (QED) is 0.543. The number of benzene rings is 2. The van der Waals surface area contributed by atoms with Gasteiger partial charge in [0.1, 0.15) is 11.6 Å². The maximum atomic E-state index is 14.8.